The van der Waals surface area contributed by atoms with Gasteiger partial charge in [0.15, 0.2) is 8.32 Å². The van der Waals surface area contributed by atoms with E-state index in [0.29, 0.717) is 25.1 Å². The van der Waals surface area contributed by atoms with Crippen molar-refractivity contribution in [3.8, 4) is 0 Å². The van der Waals surface area contributed by atoms with Crippen LogP contribution in [-0.2, 0) is 31.7 Å². The number of likely N-dealkylation sites (N-methyl/N-ethyl adjacent to an activating group) is 1. The van der Waals surface area contributed by atoms with Crippen LogP contribution in [0.2, 0.25) is 18.1 Å². The number of carbonyl (C=O) groups excluding carboxylic acids is 2. The summed E-state index contributed by atoms with van der Waals surface area (Å²) in [5.74, 6) is -0.336. The number of nitrogens with zero attached hydrogens (tertiary/aromatic N) is 2. The fraction of sp³-hybridized carbons (Fsp3) is 0.556. The molecular weight excluding hydrogens is 568 g/mol. The largest absolute Gasteiger partial charge is 0.457 e. The highest BCUT2D eigenvalue weighted by molar-refractivity contribution is 6.74. The lowest BCUT2D eigenvalue weighted by molar-refractivity contribution is -0.141. The highest BCUT2D eigenvalue weighted by Crippen LogP contribution is 2.39. The first-order chi connectivity index (χ1) is 20.6. The second kappa shape index (κ2) is 13.6. The molecule has 2 aromatic carbocycles. The summed E-state index contributed by atoms with van der Waals surface area (Å²) in [6.07, 6.45) is 2.21. The zero-order valence-electron chi connectivity index (χ0n) is 28.2. The topological polar surface area (TPSA) is 68.3 Å². The maximum atomic E-state index is 13.8. The smallest absolute Gasteiger partial charge is 0.410 e. The van der Waals surface area contributed by atoms with Gasteiger partial charge in [-0.05, 0) is 87.5 Å². The summed E-state index contributed by atoms with van der Waals surface area (Å²) in [4.78, 5) is 30.9. The van der Waals surface area contributed by atoms with Crippen LogP contribution in [0, 0.1) is 0 Å². The molecule has 8 heteroatoms. The van der Waals surface area contributed by atoms with Gasteiger partial charge in [-0.25, -0.2) is 9.59 Å². The molecule has 0 N–H and O–H groups in total. The van der Waals surface area contributed by atoms with Crippen LogP contribution in [0.5, 0.6) is 0 Å². The Bertz CT molecular complexity index is 1330. The maximum absolute atomic E-state index is 13.8. The predicted molar refractivity (Wildman–Crippen MR) is 179 cm³/mol. The van der Waals surface area contributed by atoms with E-state index in [1.807, 2.05) is 58.2 Å². The third-order valence-corrected chi connectivity index (χ3v) is 13.8. The van der Waals surface area contributed by atoms with E-state index >= 15 is 0 Å². The van der Waals surface area contributed by atoms with E-state index in [1.165, 1.54) is 5.56 Å². The third-order valence-electron chi connectivity index (χ3n) is 9.26. The van der Waals surface area contributed by atoms with Crippen molar-refractivity contribution in [1.29, 1.82) is 0 Å². The normalized spacial score (nSPS) is 19.6. The average molecular weight is 621 g/mol. The van der Waals surface area contributed by atoms with E-state index < -0.39 is 13.9 Å². The number of amides is 1. The van der Waals surface area contributed by atoms with Crippen LogP contribution < -0.4 is 0 Å². The van der Waals surface area contributed by atoms with E-state index in [4.69, 9.17) is 13.9 Å². The van der Waals surface area contributed by atoms with Gasteiger partial charge in [-0.3, -0.25) is 4.90 Å². The summed E-state index contributed by atoms with van der Waals surface area (Å²) in [6, 6.07) is 18.1. The van der Waals surface area contributed by atoms with Gasteiger partial charge in [-0.15, -0.1) is 0 Å². The Hall–Kier alpha value is -2.94. The van der Waals surface area contributed by atoms with Gasteiger partial charge in [0.25, 0.3) is 0 Å². The average Bonchev–Trinajstić information content (AvgIpc) is 2.93. The van der Waals surface area contributed by atoms with Gasteiger partial charge in [0.2, 0.25) is 0 Å². The molecule has 2 bridgehead atoms. The predicted octanol–water partition coefficient (Wildman–Crippen LogP) is 7.46. The summed E-state index contributed by atoms with van der Waals surface area (Å²) in [7, 11) is 0.291. The standard InChI is InChI=1S/C36H52N2O5Si/c1-35(2,3)43-34(40)38-23-29-22-30(28-19-17-26(18-20-28)16-13-21-42-44(8,9)36(4,5)6)32(31(24-38)37(29)7)33(39)41-25-27-14-11-10-12-15-27/h10-12,14-15,17-20,29,31H,13,16,21-25H2,1-9H3. The number of carbonyl (C=O) groups is 2. The van der Waals surface area contributed by atoms with E-state index in [-0.39, 0.29) is 35.8 Å². The molecule has 2 aliphatic rings. The molecule has 2 atom stereocenters. The molecular formula is C36H52N2O5Si. The fourth-order valence-corrected chi connectivity index (χ4v) is 6.69. The van der Waals surface area contributed by atoms with Gasteiger partial charge in [0, 0.05) is 25.7 Å². The molecule has 7 nitrogen and oxygen atoms in total. The van der Waals surface area contributed by atoms with Gasteiger partial charge in [-0.2, -0.15) is 0 Å². The maximum Gasteiger partial charge on any atom is 0.410 e. The molecule has 2 aliphatic heterocycles. The molecule has 0 aliphatic carbocycles. The Labute approximate surface area is 265 Å². The van der Waals surface area contributed by atoms with Crippen molar-refractivity contribution in [2.45, 2.75) is 103 Å². The summed E-state index contributed by atoms with van der Waals surface area (Å²) >= 11 is 0. The van der Waals surface area contributed by atoms with E-state index in [0.717, 1.165) is 36.1 Å². The molecule has 1 fully saturated rings. The summed E-state index contributed by atoms with van der Waals surface area (Å²) in [5.41, 5.74) is 4.27. The van der Waals surface area contributed by atoms with Gasteiger partial charge in [-0.1, -0.05) is 75.4 Å². The summed E-state index contributed by atoms with van der Waals surface area (Å²) in [5, 5.41) is 0.207. The number of esters is 1. The summed E-state index contributed by atoms with van der Waals surface area (Å²) in [6.45, 7) is 18.9. The summed E-state index contributed by atoms with van der Waals surface area (Å²) < 4.78 is 18.0. The lowest BCUT2D eigenvalue weighted by atomic mass is 9.82. The molecule has 0 spiro atoms. The Kier molecular flexibility index (Phi) is 10.5. The Morgan fingerprint density at radius 2 is 1.57 bits per heavy atom. The van der Waals surface area contributed by atoms with Crippen molar-refractivity contribution < 1.29 is 23.5 Å². The van der Waals surface area contributed by atoms with Crippen molar-refractivity contribution >= 4 is 26.0 Å². The monoisotopic (exact) mass is 620 g/mol. The minimum atomic E-state index is -1.75. The van der Waals surface area contributed by atoms with Crippen molar-refractivity contribution in [1.82, 2.24) is 9.80 Å². The van der Waals surface area contributed by atoms with Crippen LogP contribution in [0.4, 0.5) is 4.79 Å². The van der Waals surface area contributed by atoms with Crippen molar-refractivity contribution in [3.63, 3.8) is 0 Å². The van der Waals surface area contributed by atoms with Crippen LogP contribution in [0.3, 0.4) is 0 Å². The second-order valence-corrected chi connectivity index (χ2v) is 19.6. The lowest BCUT2D eigenvalue weighted by Gasteiger charge is -2.49. The molecule has 0 aromatic heterocycles. The second-order valence-electron chi connectivity index (χ2n) is 14.8. The molecule has 1 saturated heterocycles. The van der Waals surface area contributed by atoms with Gasteiger partial charge < -0.3 is 18.8 Å². The highest BCUT2D eigenvalue weighted by Gasteiger charge is 2.45. The van der Waals surface area contributed by atoms with Gasteiger partial charge >= 0.3 is 12.1 Å². The Morgan fingerprint density at radius 3 is 2.18 bits per heavy atom. The molecule has 44 heavy (non-hydrogen) atoms. The number of aryl methyl sites for hydroxylation is 1. The van der Waals surface area contributed by atoms with Crippen LogP contribution in [-0.4, -0.2) is 74.6 Å². The SMILES string of the molecule is CN1C2CC(c3ccc(CCCO[Si](C)(C)C(C)(C)C)cc3)=C(C(=O)OCc3ccccc3)C1CN(C(=O)OC(C)(C)C)C2. The highest BCUT2D eigenvalue weighted by atomic mass is 28.4. The zero-order chi connectivity index (χ0) is 32.3. The number of ether oxygens (including phenoxy) is 2. The van der Waals surface area contributed by atoms with E-state index in [1.54, 1.807) is 4.90 Å². The molecule has 4 rings (SSSR count). The first kappa shape index (κ1) is 33.9. The van der Waals surface area contributed by atoms with E-state index in [9.17, 15) is 9.59 Å². The van der Waals surface area contributed by atoms with Gasteiger partial charge in [0.1, 0.15) is 12.2 Å². The zero-order valence-corrected chi connectivity index (χ0v) is 29.2. The number of fused-ring (bicyclic) bond motifs is 2. The Balaban J connectivity index is 1.55. The van der Waals surface area contributed by atoms with Crippen LogP contribution in [0.25, 0.3) is 5.57 Å². The fourth-order valence-electron chi connectivity index (χ4n) is 5.60. The molecule has 2 unspecified atom stereocenters. The van der Waals surface area contributed by atoms with Crippen LogP contribution in [0.15, 0.2) is 60.2 Å². The number of hydrogen-bond donors (Lipinski definition) is 0. The lowest BCUT2D eigenvalue weighted by Crippen LogP contribution is -2.62. The minimum Gasteiger partial charge on any atom is -0.457 e. The third kappa shape index (κ3) is 8.40. The minimum absolute atomic E-state index is 0.0640. The van der Waals surface area contributed by atoms with Crippen molar-refractivity contribution in [2.24, 2.45) is 0 Å². The molecule has 2 aromatic rings. The van der Waals surface area contributed by atoms with Crippen LogP contribution in [0.1, 0.15) is 71.1 Å². The molecule has 240 valence electrons. The number of hydrogen-bond acceptors (Lipinski definition) is 6. The van der Waals surface area contributed by atoms with Gasteiger partial charge in [0.05, 0.1) is 11.6 Å². The van der Waals surface area contributed by atoms with E-state index in [2.05, 4.69) is 63.0 Å². The van der Waals surface area contributed by atoms with Crippen LogP contribution >= 0.6 is 0 Å². The molecule has 0 radical (unpaired) electrons. The number of rotatable bonds is 9. The Morgan fingerprint density at radius 1 is 0.909 bits per heavy atom. The number of benzene rings is 2. The van der Waals surface area contributed by atoms with Crippen molar-refractivity contribution in [3.05, 3.63) is 76.9 Å². The number of piperazine rings is 1. The molecule has 0 saturated carbocycles. The van der Waals surface area contributed by atoms with Crippen molar-refractivity contribution in [2.75, 3.05) is 26.7 Å². The quantitative estimate of drug-likeness (QED) is 0.165. The molecule has 2 heterocycles. The molecule has 1 amide bonds. The first-order valence-electron chi connectivity index (χ1n) is 15.9. The first-order valence-corrected chi connectivity index (χ1v) is 18.8.